The number of carbonyl (C=O) groups is 1. The van der Waals surface area contributed by atoms with Crippen molar-refractivity contribution >= 4 is 5.91 Å². The van der Waals surface area contributed by atoms with Gasteiger partial charge in [-0.3, -0.25) is 4.79 Å². The van der Waals surface area contributed by atoms with Gasteiger partial charge in [-0.15, -0.1) is 0 Å². The minimum atomic E-state index is -0.553. The summed E-state index contributed by atoms with van der Waals surface area (Å²) < 4.78 is 0. The molecule has 0 aromatic rings. The molecule has 0 radical (unpaired) electrons. The van der Waals surface area contributed by atoms with Crippen molar-refractivity contribution in [1.29, 1.82) is 0 Å². The van der Waals surface area contributed by atoms with Crippen LogP contribution in [0.3, 0.4) is 0 Å². The average Bonchev–Trinajstić information content (AvgIpc) is 2.71. The highest BCUT2D eigenvalue weighted by atomic mass is 16.3. The molecule has 0 aromatic heterocycles. The van der Waals surface area contributed by atoms with Crippen LogP contribution in [0.15, 0.2) is 0 Å². The lowest BCUT2D eigenvalue weighted by atomic mass is 10.0. The van der Waals surface area contributed by atoms with E-state index in [0.29, 0.717) is 19.5 Å². The Bertz CT molecular complexity index is 375. The van der Waals surface area contributed by atoms with E-state index in [1.807, 2.05) is 0 Å². The quantitative estimate of drug-likeness (QED) is 0.168. The maximum Gasteiger partial charge on any atom is 0.222 e. The molecule has 31 heavy (non-hydrogen) atoms. The Morgan fingerprint density at radius 2 is 0.871 bits per heavy atom. The molecular weight excluding hydrogens is 386 g/mol. The SMILES string of the molecule is CCCCCCCCCCCCCCCCCCCCC(=O)N(CC(C)O)CC(C)O. The molecule has 0 fully saturated rings. The van der Waals surface area contributed by atoms with Crippen LogP contribution in [-0.2, 0) is 4.79 Å². The van der Waals surface area contributed by atoms with E-state index in [9.17, 15) is 15.0 Å². The fourth-order valence-electron chi connectivity index (χ4n) is 4.25. The van der Waals surface area contributed by atoms with E-state index in [1.165, 1.54) is 103 Å². The van der Waals surface area contributed by atoms with Gasteiger partial charge >= 0.3 is 0 Å². The summed E-state index contributed by atoms with van der Waals surface area (Å²) in [6, 6.07) is 0. The zero-order valence-electron chi connectivity index (χ0n) is 21.3. The number of aliphatic hydroxyl groups is 2. The molecule has 0 saturated carbocycles. The summed E-state index contributed by atoms with van der Waals surface area (Å²) in [5.74, 6) is 0.0540. The van der Waals surface area contributed by atoms with E-state index in [1.54, 1.807) is 18.7 Å². The van der Waals surface area contributed by atoms with Crippen molar-refractivity contribution in [3.8, 4) is 0 Å². The van der Waals surface area contributed by atoms with Crippen LogP contribution in [0.4, 0.5) is 0 Å². The van der Waals surface area contributed by atoms with Crippen LogP contribution in [0, 0.1) is 0 Å². The van der Waals surface area contributed by atoms with E-state index in [4.69, 9.17) is 0 Å². The van der Waals surface area contributed by atoms with Crippen LogP contribution in [0.25, 0.3) is 0 Å². The van der Waals surface area contributed by atoms with E-state index < -0.39 is 12.2 Å². The number of amides is 1. The number of nitrogens with zero attached hydrogens (tertiary/aromatic N) is 1. The topological polar surface area (TPSA) is 60.8 Å². The van der Waals surface area contributed by atoms with Gasteiger partial charge in [0.05, 0.1) is 12.2 Å². The van der Waals surface area contributed by atoms with Gasteiger partial charge in [-0.05, 0) is 20.3 Å². The zero-order chi connectivity index (χ0) is 23.2. The van der Waals surface area contributed by atoms with Crippen molar-refractivity contribution in [1.82, 2.24) is 4.90 Å². The van der Waals surface area contributed by atoms with Crippen LogP contribution < -0.4 is 0 Å². The Labute approximate surface area is 194 Å². The predicted molar refractivity (Wildman–Crippen MR) is 133 cm³/mol. The fourth-order valence-corrected chi connectivity index (χ4v) is 4.25. The van der Waals surface area contributed by atoms with Crippen LogP contribution in [-0.4, -0.2) is 46.3 Å². The smallest absolute Gasteiger partial charge is 0.222 e. The van der Waals surface area contributed by atoms with Gasteiger partial charge in [-0.25, -0.2) is 0 Å². The van der Waals surface area contributed by atoms with Crippen LogP contribution in [0.5, 0.6) is 0 Å². The predicted octanol–water partition coefficient (Wildman–Crippen LogP) is 7.01. The second kappa shape index (κ2) is 22.6. The standard InChI is InChI=1S/C27H55NO3/c1-4-5-6-7-8-9-10-11-12-13-14-15-16-17-18-19-20-21-22-27(31)28(23-25(2)29)24-26(3)30/h25-26,29-30H,4-24H2,1-3H3. The van der Waals surface area contributed by atoms with Gasteiger partial charge in [-0.1, -0.05) is 116 Å². The molecule has 2 unspecified atom stereocenters. The highest BCUT2D eigenvalue weighted by Gasteiger charge is 2.16. The first-order valence-corrected chi connectivity index (χ1v) is 13.6. The number of carbonyl (C=O) groups excluding carboxylic acids is 1. The maximum atomic E-state index is 12.3. The lowest BCUT2D eigenvalue weighted by molar-refractivity contribution is -0.134. The van der Waals surface area contributed by atoms with Crippen LogP contribution in [0.1, 0.15) is 143 Å². The number of aliphatic hydroxyl groups excluding tert-OH is 2. The molecule has 0 bridgehead atoms. The number of rotatable bonds is 23. The molecule has 0 saturated heterocycles. The molecule has 4 heteroatoms. The fraction of sp³-hybridized carbons (Fsp3) is 0.963. The van der Waals surface area contributed by atoms with Gasteiger partial charge in [0.2, 0.25) is 5.91 Å². The Morgan fingerprint density at radius 1 is 0.581 bits per heavy atom. The normalized spacial score (nSPS) is 13.3. The molecule has 0 aliphatic carbocycles. The van der Waals surface area contributed by atoms with Crippen molar-refractivity contribution < 1.29 is 15.0 Å². The highest BCUT2D eigenvalue weighted by molar-refractivity contribution is 5.76. The number of hydrogen-bond acceptors (Lipinski definition) is 3. The maximum absolute atomic E-state index is 12.3. The monoisotopic (exact) mass is 441 g/mol. The van der Waals surface area contributed by atoms with Gasteiger partial charge in [0.25, 0.3) is 0 Å². The minimum absolute atomic E-state index is 0.0540. The highest BCUT2D eigenvalue weighted by Crippen LogP contribution is 2.15. The molecule has 0 aliphatic rings. The first-order chi connectivity index (χ1) is 15.0. The summed E-state index contributed by atoms with van der Waals surface area (Å²) in [5.41, 5.74) is 0. The molecule has 4 nitrogen and oxygen atoms in total. The average molecular weight is 442 g/mol. The summed E-state index contributed by atoms with van der Waals surface area (Å²) in [4.78, 5) is 13.9. The van der Waals surface area contributed by atoms with Crippen LogP contribution in [0.2, 0.25) is 0 Å². The second-order valence-corrected chi connectivity index (χ2v) is 9.76. The Morgan fingerprint density at radius 3 is 1.16 bits per heavy atom. The van der Waals surface area contributed by atoms with E-state index in [0.717, 1.165) is 12.8 Å². The largest absolute Gasteiger partial charge is 0.392 e. The van der Waals surface area contributed by atoms with Crippen molar-refractivity contribution in [2.75, 3.05) is 13.1 Å². The summed E-state index contributed by atoms with van der Waals surface area (Å²) in [5, 5.41) is 19.1. The molecule has 1 amide bonds. The summed E-state index contributed by atoms with van der Waals surface area (Å²) >= 11 is 0. The van der Waals surface area contributed by atoms with Crippen molar-refractivity contribution in [3.63, 3.8) is 0 Å². The van der Waals surface area contributed by atoms with E-state index in [-0.39, 0.29) is 5.91 Å². The van der Waals surface area contributed by atoms with Gasteiger partial charge in [-0.2, -0.15) is 0 Å². The number of hydrogen-bond donors (Lipinski definition) is 2. The molecule has 0 aliphatic heterocycles. The molecule has 2 atom stereocenters. The first-order valence-electron chi connectivity index (χ1n) is 13.6. The van der Waals surface area contributed by atoms with E-state index >= 15 is 0 Å². The Kier molecular flexibility index (Phi) is 22.1. The van der Waals surface area contributed by atoms with Gasteiger partial charge in [0.1, 0.15) is 0 Å². The van der Waals surface area contributed by atoms with Crippen molar-refractivity contribution in [2.45, 2.75) is 155 Å². The molecule has 0 aromatic carbocycles. The van der Waals surface area contributed by atoms with Gasteiger partial charge < -0.3 is 15.1 Å². The molecule has 0 heterocycles. The lowest BCUT2D eigenvalue weighted by Gasteiger charge is -2.25. The van der Waals surface area contributed by atoms with E-state index in [2.05, 4.69) is 6.92 Å². The summed E-state index contributed by atoms with van der Waals surface area (Å²) in [6.45, 7) is 6.26. The molecular formula is C27H55NO3. The first kappa shape index (κ1) is 30.4. The third-order valence-electron chi connectivity index (χ3n) is 6.07. The molecule has 0 spiro atoms. The third-order valence-corrected chi connectivity index (χ3v) is 6.07. The molecule has 2 N–H and O–H groups in total. The lowest BCUT2D eigenvalue weighted by Crippen LogP contribution is -2.40. The van der Waals surface area contributed by atoms with Crippen molar-refractivity contribution in [3.05, 3.63) is 0 Å². The Hall–Kier alpha value is -0.610. The summed E-state index contributed by atoms with van der Waals surface area (Å²) in [6.07, 6.45) is 23.6. The minimum Gasteiger partial charge on any atom is -0.392 e. The number of unbranched alkanes of at least 4 members (excludes halogenated alkanes) is 17. The van der Waals surface area contributed by atoms with Gasteiger partial charge in [0.15, 0.2) is 0 Å². The Balaban J connectivity index is 3.39. The summed E-state index contributed by atoms with van der Waals surface area (Å²) in [7, 11) is 0. The third kappa shape index (κ3) is 22.4. The van der Waals surface area contributed by atoms with Crippen LogP contribution >= 0.6 is 0 Å². The zero-order valence-corrected chi connectivity index (χ0v) is 21.3. The second-order valence-electron chi connectivity index (χ2n) is 9.76. The van der Waals surface area contributed by atoms with Gasteiger partial charge in [0, 0.05) is 19.5 Å². The van der Waals surface area contributed by atoms with Crippen molar-refractivity contribution in [2.24, 2.45) is 0 Å². The molecule has 0 rings (SSSR count). The molecule has 186 valence electrons.